The van der Waals surface area contributed by atoms with Crippen molar-refractivity contribution in [1.29, 1.82) is 0 Å². The van der Waals surface area contributed by atoms with E-state index in [0.717, 1.165) is 12.8 Å². The summed E-state index contributed by atoms with van der Waals surface area (Å²) in [6, 6.07) is 0.469. The van der Waals surface area contributed by atoms with Crippen molar-refractivity contribution in [3.8, 4) is 0 Å². The van der Waals surface area contributed by atoms with Crippen molar-refractivity contribution in [2.75, 3.05) is 18.8 Å². The average Bonchev–Trinajstić information content (AvgIpc) is 2.51. The largest absolute Gasteiger partial charge is 0.480 e. The number of carbonyl (C=O) groups is 1. The number of carboxylic acids is 1. The third kappa shape index (κ3) is 6.93. The summed E-state index contributed by atoms with van der Waals surface area (Å²) in [5.41, 5.74) is 0. The van der Waals surface area contributed by atoms with Crippen molar-refractivity contribution in [3.05, 3.63) is 0 Å². The molecule has 7 heteroatoms. The van der Waals surface area contributed by atoms with Crippen molar-refractivity contribution in [1.82, 2.24) is 10.0 Å². The molecule has 0 aliphatic heterocycles. The SMILES string of the molecule is O=C(O)CS(=O)(=O)NCCNC1CCCCCC1. The Balaban J connectivity index is 2.15. The molecule has 1 aliphatic rings. The number of nitrogens with one attached hydrogen (secondary N) is 2. The number of hydrogen-bond acceptors (Lipinski definition) is 4. The molecule has 18 heavy (non-hydrogen) atoms. The Morgan fingerprint density at radius 3 is 2.28 bits per heavy atom. The molecule has 1 saturated carbocycles. The fraction of sp³-hybridized carbons (Fsp3) is 0.909. The summed E-state index contributed by atoms with van der Waals surface area (Å²) in [6.07, 6.45) is 7.29. The van der Waals surface area contributed by atoms with Gasteiger partial charge in [0, 0.05) is 19.1 Å². The van der Waals surface area contributed by atoms with Gasteiger partial charge in [-0.1, -0.05) is 25.7 Å². The lowest BCUT2D eigenvalue weighted by molar-refractivity contribution is -0.134. The van der Waals surface area contributed by atoms with Gasteiger partial charge in [-0.25, -0.2) is 13.1 Å². The van der Waals surface area contributed by atoms with Gasteiger partial charge in [0.25, 0.3) is 0 Å². The Morgan fingerprint density at radius 1 is 1.11 bits per heavy atom. The lowest BCUT2D eigenvalue weighted by Crippen LogP contribution is -2.38. The average molecular weight is 278 g/mol. The second-order valence-corrected chi connectivity index (χ2v) is 6.50. The van der Waals surface area contributed by atoms with E-state index in [4.69, 9.17) is 5.11 Å². The molecule has 0 bridgehead atoms. The Hall–Kier alpha value is -0.660. The lowest BCUT2D eigenvalue weighted by atomic mass is 10.1. The third-order valence-electron chi connectivity index (χ3n) is 3.05. The molecule has 3 N–H and O–H groups in total. The van der Waals surface area contributed by atoms with Crippen LogP contribution < -0.4 is 10.0 Å². The quantitative estimate of drug-likeness (QED) is 0.460. The Kier molecular flexibility index (Phi) is 6.59. The highest BCUT2D eigenvalue weighted by Crippen LogP contribution is 2.16. The predicted octanol–water partition coefficient (Wildman–Crippen LogP) is 0.303. The molecule has 1 fully saturated rings. The normalized spacial score (nSPS) is 18.4. The minimum atomic E-state index is -3.68. The van der Waals surface area contributed by atoms with E-state index >= 15 is 0 Å². The standard InChI is InChI=1S/C11H22N2O4S/c14-11(15)9-18(16,17)13-8-7-12-10-5-3-1-2-4-6-10/h10,12-13H,1-9H2,(H,14,15). The second kappa shape index (κ2) is 7.70. The van der Waals surface area contributed by atoms with Gasteiger partial charge in [-0.3, -0.25) is 4.79 Å². The van der Waals surface area contributed by atoms with E-state index in [0.29, 0.717) is 12.6 Å². The highest BCUT2D eigenvalue weighted by atomic mass is 32.2. The molecule has 0 unspecified atom stereocenters. The smallest absolute Gasteiger partial charge is 0.320 e. The van der Waals surface area contributed by atoms with Crippen LogP contribution in [0.3, 0.4) is 0 Å². The van der Waals surface area contributed by atoms with Crippen molar-refractivity contribution in [3.63, 3.8) is 0 Å². The number of carboxylic acid groups (broad SMARTS) is 1. The van der Waals surface area contributed by atoms with Crippen molar-refractivity contribution in [2.24, 2.45) is 0 Å². The van der Waals surface area contributed by atoms with Crippen molar-refractivity contribution in [2.45, 2.75) is 44.6 Å². The number of sulfonamides is 1. The van der Waals surface area contributed by atoms with Crippen LogP contribution in [0.5, 0.6) is 0 Å². The summed E-state index contributed by atoms with van der Waals surface area (Å²) < 4.78 is 24.7. The van der Waals surface area contributed by atoms with Crippen LogP contribution in [0.4, 0.5) is 0 Å². The lowest BCUT2D eigenvalue weighted by Gasteiger charge is -2.16. The minimum Gasteiger partial charge on any atom is -0.480 e. The van der Waals surface area contributed by atoms with Gasteiger partial charge in [-0.05, 0) is 12.8 Å². The van der Waals surface area contributed by atoms with Gasteiger partial charge in [0.2, 0.25) is 10.0 Å². The van der Waals surface area contributed by atoms with Crippen LogP contribution in [0.25, 0.3) is 0 Å². The van der Waals surface area contributed by atoms with Crippen LogP contribution in [0.2, 0.25) is 0 Å². The first-order valence-electron chi connectivity index (χ1n) is 6.42. The van der Waals surface area contributed by atoms with Gasteiger partial charge in [-0.2, -0.15) is 0 Å². The van der Waals surface area contributed by atoms with Gasteiger partial charge >= 0.3 is 5.97 Å². The zero-order chi connectivity index (χ0) is 13.4. The van der Waals surface area contributed by atoms with E-state index in [1.807, 2.05) is 0 Å². The molecule has 6 nitrogen and oxygen atoms in total. The van der Waals surface area contributed by atoms with E-state index in [1.54, 1.807) is 0 Å². The molecule has 0 aromatic rings. The van der Waals surface area contributed by atoms with E-state index in [-0.39, 0.29) is 6.54 Å². The molecule has 0 amide bonds. The fourth-order valence-corrected chi connectivity index (χ4v) is 3.02. The summed E-state index contributed by atoms with van der Waals surface area (Å²) >= 11 is 0. The van der Waals surface area contributed by atoms with Crippen LogP contribution in [0.1, 0.15) is 38.5 Å². The molecule has 0 radical (unpaired) electrons. The Morgan fingerprint density at radius 2 is 1.72 bits per heavy atom. The molecule has 1 aliphatic carbocycles. The van der Waals surface area contributed by atoms with Crippen LogP contribution in [0, 0.1) is 0 Å². The zero-order valence-corrected chi connectivity index (χ0v) is 11.3. The van der Waals surface area contributed by atoms with Gasteiger partial charge in [0.05, 0.1) is 0 Å². The van der Waals surface area contributed by atoms with Crippen LogP contribution >= 0.6 is 0 Å². The maximum atomic E-state index is 11.2. The van der Waals surface area contributed by atoms with Gasteiger partial charge in [0.15, 0.2) is 5.75 Å². The number of hydrogen-bond donors (Lipinski definition) is 3. The summed E-state index contributed by atoms with van der Waals surface area (Å²) in [5, 5.41) is 11.7. The van der Waals surface area contributed by atoms with Gasteiger partial charge < -0.3 is 10.4 Å². The van der Waals surface area contributed by atoms with Gasteiger partial charge in [-0.15, -0.1) is 0 Å². The van der Waals surface area contributed by atoms with Crippen LogP contribution in [0.15, 0.2) is 0 Å². The Bertz CT molecular complexity index is 348. The molecular weight excluding hydrogens is 256 g/mol. The summed E-state index contributed by atoms with van der Waals surface area (Å²) in [5.74, 6) is -2.20. The molecular formula is C11H22N2O4S. The first-order chi connectivity index (χ1) is 8.49. The van der Waals surface area contributed by atoms with E-state index < -0.39 is 21.7 Å². The maximum absolute atomic E-state index is 11.2. The van der Waals surface area contributed by atoms with E-state index in [2.05, 4.69) is 10.0 Å². The molecule has 0 aromatic heterocycles. The summed E-state index contributed by atoms with van der Waals surface area (Å²) in [7, 11) is -3.68. The molecule has 0 spiro atoms. The van der Waals surface area contributed by atoms with Crippen LogP contribution in [-0.4, -0.2) is 44.4 Å². The molecule has 106 valence electrons. The van der Waals surface area contributed by atoms with Crippen LogP contribution in [-0.2, 0) is 14.8 Å². The van der Waals surface area contributed by atoms with Crippen molar-refractivity contribution < 1.29 is 18.3 Å². The Labute approximate surface area is 108 Å². The minimum absolute atomic E-state index is 0.242. The highest BCUT2D eigenvalue weighted by molar-refractivity contribution is 7.90. The monoisotopic (exact) mass is 278 g/mol. The molecule has 0 atom stereocenters. The zero-order valence-electron chi connectivity index (χ0n) is 10.5. The van der Waals surface area contributed by atoms with E-state index in [9.17, 15) is 13.2 Å². The molecule has 1 rings (SSSR count). The second-order valence-electron chi connectivity index (χ2n) is 4.69. The highest BCUT2D eigenvalue weighted by Gasteiger charge is 2.15. The fourth-order valence-electron chi connectivity index (χ4n) is 2.18. The van der Waals surface area contributed by atoms with Crippen molar-refractivity contribution >= 4 is 16.0 Å². The number of rotatable bonds is 7. The predicted molar refractivity (Wildman–Crippen MR) is 68.9 cm³/mol. The molecule has 0 aromatic carbocycles. The first kappa shape index (κ1) is 15.4. The molecule has 0 saturated heterocycles. The molecule has 0 heterocycles. The topological polar surface area (TPSA) is 95.5 Å². The van der Waals surface area contributed by atoms with Gasteiger partial charge in [0.1, 0.15) is 0 Å². The maximum Gasteiger partial charge on any atom is 0.320 e. The van der Waals surface area contributed by atoms with E-state index in [1.165, 1.54) is 25.7 Å². The summed E-state index contributed by atoms with van der Waals surface area (Å²) in [6.45, 7) is 0.787. The third-order valence-corrected chi connectivity index (χ3v) is 4.32. The first-order valence-corrected chi connectivity index (χ1v) is 8.07. The number of aliphatic carboxylic acids is 1. The summed E-state index contributed by atoms with van der Waals surface area (Å²) in [4.78, 5) is 10.3.